The number of thiophene rings is 1. The number of hydrogen-bond acceptors (Lipinski definition) is 5. The minimum absolute atomic E-state index is 0.304. The molecule has 1 aromatic heterocycles. The van der Waals surface area contributed by atoms with E-state index in [2.05, 4.69) is 21.2 Å². The van der Waals surface area contributed by atoms with Crippen LogP contribution in [0.25, 0.3) is 0 Å². The van der Waals surface area contributed by atoms with Crippen LogP contribution < -0.4 is 10.1 Å². The first-order valence-electron chi connectivity index (χ1n) is 6.54. The van der Waals surface area contributed by atoms with E-state index in [0.29, 0.717) is 19.8 Å². The smallest absolute Gasteiger partial charge is 0.135 e. The van der Waals surface area contributed by atoms with Crippen LogP contribution in [0, 0.1) is 0 Å². The molecule has 0 aliphatic carbocycles. The Kier molecular flexibility index (Phi) is 6.50. The van der Waals surface area contributed by atoms with Gasteiger partial charge in [-0.25, -0.2) is 0 Å². The lowest BCUT2D eigenvalue weighted by Gasteiger charge is -2.14. The molecule has 0 radical (unpaired) electrons. The van der Waals surface area contributed by atoms with Crippen molar-refractivity contribution in [3.05, 3.63) is 45.1 Å². The van der Waals surface area contributed by atoms with Crippen molar-refractivity contribution in [1.29, 1.82) is 0 Å². The molecule has 0 aliphatic rings. The average molecular weight is 372 g/mol. The van der Waals surface area contributed by atoms with Crippen LogP contribution in [-0.2, 0) is 11.3 Å². The first-order valence-corrected chi connectivity index (χ1v) is 8.22. The monoisotopic (exact) mass is 371 g/mol. The Morgan fingerprint density at radius 3 is 2.95 bits per heavy atom. The standard InChI is InChI=1S/C15H18BrNO3S/c1-19-15-7-11(4-5-14(15)16)17-8-12(18)9-20-10-13-3-2-6-21-13/h2-7,12,17-18H,8-10H2,1H3. The minimum atomic E-state index is -0.556. The molecule has 1 aromatic carbocycles. The molecular weight excluding hydrogens is 354 g/mol. The fourth-order valence-electron chi connectivity index (χ4n) is 1.75. The third-order valence-corrected chi connectivity index (χ3v) is 4.33. The highest BCUT2D eigenvalue weighted by Gasteiger charge is 2.06. The molecule has 2 rings (SSSR count). The van der Waals surface area contributed by atoms with E-state index in [9.17, 15) is 5.11 Å². The second-order valence-electron chi connectivity index (χ2n) is 4.48. The Labute approximate surface area is 136 Å². The Balaban J connectivity index is 1.72. The summed E-state index contributed by atoms with van der Waals surface area (Å²) in [5.74, 6) is 0.753. The summed E-state index contributed by atoms with van der Waals surface area (Å²) in [5.41, 5.74) is 0.896. The predicted molar refractivity (Wildman–Crippen MR) is 89.2 cm³/mol. The molecule has 2 aromatic rings. The van der Waals surface area contributed by atoms with Gasteiger partial charge >= 0.3 is 0 Å². The SMILES string of the molecule is COc1cc(NCC(O)COCc2cccs2)ccc1Br. The lowest BCUT2D eigenvalue weighted by molar-refractivity contribution is 0.0359. The summed E-state index contributed by atoms with van der Waals surface area (Å²) in [6, 6.07) is 9.71. The number of methoxy groups -OCH3 is 1. The van der Waals surface area contributed by atoms with Crippen molar-refractivity contribution in [2.24, 2.45) is 0 Å². The van der Waals surface area contributed by atoms with Gasteiger partial charge in [-0.05, 0) is 39.5 Å². The van der Waals surface area contributed by atoms with Gasteiger partial charge in [-0.2, -0.15) is 0 Å². The van der Waals surface area contributed by atoms with Crippen LogP contribution >= 0.6 is 27.3 Å². The van der Waals surface area contributed by atoms with Crippen molar-refractivity contribution in [1.82, 2.24) is 0 Å². The molecule has 114 valence electrons. The zero-order valence-electron chi connectivity index (χ0n) is 11.7. The third-order valence-electron chi connectivity index (χ3n) is 2.83. The van der Waals surface area contributed by atoms with E-state index in [0.717, 1.165) is 20.8 Å². The molecule has 0 saturated heterocycles. The zero-order chi connectivity index (χ0) is 15.1. The van der Waals surface area contributed by atoms with Gasteiger partial charge in [0.1, 0.15) is 5.75 Å². The van der Waals surface area contributed by atoms with Crippen molar-refractivity contribution >= 4 is 33.0 Å². The Morgan fingerprint density at radius 2 is 2.24 bits per heavy atom. The quantitative estimate of drug-likeness (QED) is 0.745. The fraction of sp³-hybridized carbons (Fsp3) is 0.333. The van der Waals surface area contributed by atoms with Gasteiger partial charge in [-0.3, -0.25) is 0 Å². The maximum atomic E-state index is 9.90. The highest BCUT2D eigenvalue weighted by atomic mass is 79.9. The van der Waals surface area contributed by atoms with E-state index in [1.54, 1.807) is 18.4 Å². The molecule has 0 saturated carbocycles. The van der Waals surface area contributed by atoms with Gasteiger partial charge in [0.15, 0.2) is 0 Å². The number of aliphatic hydroxyl groups excluding tert-OH is 1. The lowest BCUT2D eigenvalue weighted by atomic mass is 10.3. The third kappa shape index (κ3) is 5.32. The Bertz CT molecular complexity index is 548. The van der Waals surface area contributed by atoms with Gasteiger partial charge in [0.05, 0.1) is 30.9 Å². The number of ether oxygens (including phenoxy) is 2. The van der Waals surface area contributed by atoms with Crippen LogP contribution in [0.15, 0.2) is 40.2 Å². The van der Waals surface area contributed by atoms with E-state index in [-0.39, 0.29) is 0 Å². The van der Waals surface area contributed by atoms with Crippen molar-refractivity contribution in [3.63, 3.8) is 0 Å². The number of aliphatic hydroxyl groups is 1. The van der Waals surface area contributed by atoms with E-state index < -0.39 is 6.10 Å². The second-order valence-corrected chi connectivity index (χ2v) is 6.37. The Hall–Kier alpha value is -1.08. The van der Waals surface area contributed by atoms with Gasteiger partial charge in [0, 0.05) is 23.2 Å². The van der Waals surface area contributed by atoms with E-state index in [4.69, 9.17) is 9.47 Å². The van der Waals surface area contributed by atoms with Crippen LogP contribution in [-0.4, -0.2) is 31.5 Å². The topological polar surface area (TPSA) is 50.7 Å². The number of halogens is 1. The summed E-state index contributed by atoms with van der Waals surface area (Å²) in [6.45, 7) is 1.27. The summed E-state index contributed by atoms with van der Waals surface area (Å²) in [5, 5.41) is 15.1. The zero-order valence-corrected chi connectivity index (χ0v) is 14.1. The molecule has 1 unspecified atom stereocenters. The molecule has 21 heavy (non-hydrogen) atoms. The summed E-state index contributed by atoms with van der Waals surface area (Å²) >= 11 is 5.05. The van der Waals surface area contributed by atoms with Crippen molar-refractivity contribution in [3.8, 4) is 5.75 Å². The van der Waals surface area contributed by atoms with Crippen LogP contribution in [0.3, 0.4) is 0 Å². The van der Waals surface area contributed by atoms with Crippen molar-refractivity contribution < 1.29 is 14.6 Å². The van der Waals surface area contributed by atoms with Crippen LogP contribution in [0.5, 0.6) is 5.75 Å². The average Bonchev–Trinajstić information content (AvgIpc) is 2.99. The molecule has 0 bridgehead atoms. The molecule has 0 amide bonds. The molecule has 0 spiro atoms. The highest BCUT2D eigenvalue weighted by Crippen LogP contribution is 2.27. The molecule has 6 heteroatoms. The number of anilines is 1. The van der Waals surface area contributed by atoms with Gasteiger partial charge in [-0.15, -0.1) is 11.3 Å². The summed E-state index contributed by atoms with van der Waals surface area (Å²) < 4.78 is 11.6. The number of nitrogens with one attached hydrogen (secondary N) is 1. The first-order chi connectivity index (χ1) is 10.2. The highest BCUT2D eigenvalue weighted by molar-refractivity contribution is 9.10. The van der Waals surface area contributed by atoms with Gasteiger partial charge in [0.25, 0.3) is 0 Å². The summed E-state index contributed by atoms with van der Waals surface area (Å²) in [6.07, 6.45) is -0.556. The molecule has 4 nitrogen and oxygen atoms in total. The van der Waals surface area contributed by atoms with Crippen molar-refractivity contribution in [2.75, 3.05) is 25.6 Å². The van der Waals surface area contributed by atoms with Crippen LogP contribution in [0.1, 0.15) is 4.88 Å². The molecule has 0 fully saturated rings. The summed E-state index contributed by atoms with van der Waals surface area (Å²) in [7, 11) is 1.62. The van der Waals surface area contributed by atoms with Gasteiger partial charge in [-0.1, -0.05) is 6.07 Å². The Morgan fingerprint density at radius 1 is 1.38 bits per heavy atom. The lowest BCUT2D eigenvalue weighted by Crippen LogP contribution is -2.24. The molecule has 1 heterocycles. The van der Waals surface area contributed by atoms with Gasteiger partial charge in [0.2, 0.25) is 0 Å². The van der Waals surface area contributed by atoms with Crippen LogP contribution in [0.2, 0.25) is 0 Å². The number of hydrogen-bond donors (Lipinski definition) is 2. The normalized spacial score (nSPS) is 12.1. The largest absolute Gasteiger partial charge is 0.495 e. The first kappa shape index (κ1) is 16.3. The fourth-order valence-corrected chi connectivity index (χ4v) is 2.80. The molecular formula is C15H18BrNO3S. The maximum absolute atomic E-state index is 9.90. The molecule has 2 N–H and O–H groups in total. The van der Waals surface area contributed by atoms with E-state index >= 15 is 0 Å². The number of benzene rings is 1. The van der Waals surface area contributed by atoms with Crippen LogP contribution in [0.4, 0.5) is 5.69 Å². The molecule has 1 atom stereocenters. The minimum Gasteiger partial charge on any atom is -0.495 e. The van der Waals surface area contributed by atoms with Gasteiger partial charge < -0.3 is 19.9 Å². The second kappa shape index (κ2) is 8.38. The number of rotatable bonds is 8. The van der Waals surface area contributed by atoms with Crippen molar-refractivity contribution in [2.45, 2.75) is 12.7 Å². The van der Waals surface area contributed by atoms with E-state index in [1.807, 2.05) is 35.7 Å². The van der Waals surface area contributed by atoms with E-state index in [1.165, 1.54) is 0 Å². The maximum Gasteiger partial charge on any atom is 0.135 e. The summed E-state index contributed by atoms with van der Waals surface area (Å²) in [4.78, 5) is 1.16. The molecule has 0 aliphatic heterocycles. The predicted octanol–water partition coefficient (Wildman–Crippen LogP) is 3.51.